The number of likely N-dealkylation sites (N-methyl/N-ethyl adjacent to an activating group) is 1. The van der Waals surface area contributed by atoms with E-state index >= 15 is 0 Å². The molecule has 0 spiro atoms. The van der Waals surface area contributed by atoms with Crippen LogP contribution in [-0.2, 0) is 0 Å². The number of halogens is 3. The molecular weight excluding hydrogens is 445 g/mol. The van der Waals surface area contributed by atoms with E-state index in [1.54, 1.807) is 43.2 Å². The van der Waals surface area contributed by atoms with Crippen molar-refractivity contribution in [3.05, 3.63) is 83.3 Å². The van der Waals surface area contributed by atoms with E-state index in [-0.39, 0.29) is 18.6 Å². The van der Waals surface area contributed by atoms with Gasteiger partial charge < -0.3 is 19.5 Å². The average Bonchev–Trinajstić information content (AvgIpc) is 3.23. The summed E-state index contributed by atoms with van der Waals surface area (Å²) in [7, 11) is 1.80. The molecule has 0 aliphatic carbocycles. The van der Waals surface area contributed by atoms with Crippen LogP contribution >= 0.6 is 0 Å². The third kappa shape index (κ3) is 3.91. The predicted molar refractivity (Wildman–Crippen MR) is 121 cm³/mol. The van der Waals surface area contributed by atoms with Gasteiger partial charge in [-0.15, -0.1) is 0 Å². The Balaban J connectivity index is 1.41. The molecule has 174 valence electrons. The Hall–Kier alpha value is -4.08. The van der Waals surface area contributed by atoms with Gasteiger partial charge in [-0.1, -0.05) is 0 Å². The number of fused-ring (bicyclic) bond motifs is 1. The van der Waals surface area contributed by atoms with Gasteiger partial charge in [-0.2, -0.15) is 4.98 Å². The van der Waals surface area contributed by atoms with E-state index in [9.17, 15) is 13.2 Å². The molecule has 1 aliphatic rings. The fourth-order valence-electron chi connectivity index (χ4n) is 4.00. The molecule has 2 aromatic heterocycles. The summed E-state index contributed by atoms with van der Waals surface area (Å²) >= 11 is 0. The first-order valence-electron chi connectivity index (χ1n) is 10.6. The molecule has 5 rings (SSSR count). The van der Waals surface area contributed by atoms with Crippen LogP contribution in [0.25, 0.3) is 5.69 Å². The number of rotatable bonds is 4. The van der Waals surface area contributed by atoms with E-state index < -0.39 is 17.5 Å². The van der Waals surface area contributed by atoms with Crippen molar-refractivity contribution >= 4 is 17.5 Å². The van der Waals surface area contributed by atoms with Gasteiger partial charge >= 0.3 is 0 Å². The molecule has 7 nitrogen and oxygen atoms in total. The number of aryl methyl sites for hydroxylation is 2. The Kier molecular flexibility index (Phi) is 5.35. The zero-order valence-electron chi connectivity index (χ0n) is 18.7. The molecule has 4 aromatic rings. The van der Waals surface area contributed by atoms with Gasteiger partial charge in [0.25, 0.3) is 0 Å². The van der Waals surface area contributed by atoms with Crippen LogP contribution in [0.2, 0.25) is 0 Å². The Morgan fingerprint density at radius 3 is 2.56 bits per heavy atom. The number of aromatic nitrogens is 4. The van der Waals surface area contributed by atoms with E-state index in [0.29, 0.717) is 34.1 Å². The summed E-state index contributed by atoms with van der Waals surface area (Å²) < 4.78 is 49.6. The monoisotopic (exact) mass is 466 g/mol. The van der Waals surface area contributed by atoms with Gasteiger partial charge in [-0.25, -0.2) is 23.1 Å². The number of hydrogen-bond acceptors (Lipinski definition) is 6. The maximum atomic E-state index is 14.7. The quantitative estimate of drug-likeness (QED) is 0.456. The number of ether oxygens (including phenoxy) is 1. The lowest BCUT2D eigenvalue weighted by molar-refractivity contribution is 0.264. The highest BCUT2D eigenvalue weighted by molar-refractivity contribution is 5.62. The van der Waals surface area contributed by atoms with E-state index in [1.807, 2.05) is 11.8 Å². The summed E-state index contributed by atoms with van der Waals surface area (Å²) in [5, 5.41) is 3.00. The molecule has 0 bridgehead atoms. The fraction of sp³-hybridized carbons (Fsp3) is 0.208. The van der Waals surface area contributed by atoms with Gasteiger partial charge in [0.1, 0.15) is 12.4 Å². The Labute approximate surface area is 193 Å². The molecule has 0 fully saturated rings. The number of benzene rings is 2. The van der Waals surface area contributed by atoms with E-state index in [2.05, 4.69) is 20.3 Å². The normalized spacial score (nSPS) is 15.1. The Morgan fingerprint density at radius 1 is 1.03 bits per heavy atom. The minimum absolute atomic E-state index is 0.228. The first-order valence-corrected chi connectivity index (χ1v) is 10.6. The first-order chi connectivity index (χ1) is 16.3. The average molecular weight is 466 g/mol. The van der Waals surface area contributed by atoms with Crippen LogP contribution in [0.5, 0.6) is 5.75 Å². The van der Waals surface area contributed by atoms with Crippen LogP contribution in [0.15, 0.2) is 49.1 Å². The lowest BCUT2D eigenvalue weighted by Crippen LogP contribution is -2.35. The molecule has 0 amide bonds. The third-order valence-electron chi connectivity index (χ3n) is 5.80. The maximum Gasteiger partial charge on any atom is 0.229 e. The molecule has 3 heterocycles. The van der Waals surface area contributed by atoms with Crippen LogP contribution < -0.4 is 15.0 Å². The van der Waals surface area contributed by atoms with Crippen molar-refractivity contribution in [2.75, 3.05) is 23.9 Å². The van der Waals surface area contributed by atoms with Crippen LogP contribution in [0, 0.1) is 31.3 Å². The van der Waals surface area contributed by atoms with E-state index in [0.717, 1.165) is 5.69 Å². The van der Waals surface area contributed by atoms with Crippen molar-refractivity contribution in [3.63, 3.8) is 0 Å². The van der Waals surface area contributed by atoms with Gasteiger partial charge in [0.05, 0.1) is 29.9 Å². The zero-order valence-corrected chi connectivity index (χ0v) is 18.7. The SMILES string of the molecule is Cc1cn(-c2ccc(Nc3ncc4c(n3)N(C)C(c3cc(F)c(F)cc3C)CO4)cc2F)cn1. The van der Waals surface area contributed by atoms with Crippen molar-refractivity contribution < 1.29 is 17.9 Å². The molecule has 1 N–H and O–H groups in total. The van der Waals surface area contributed by atoms with Crippen LogP contribution in [0.3, 0.4) is 0 Å². The molecule has 2 aromatic carbocycles. The smallest absolute Gasteiger partial charge is 0.229 e. The molecular formula is C24H21F3N6O. The Bertz CT molecular complexity index is 1390. The standard InChI is InChI=1S/C24H21F3N6O/c1-13-6-17(25)18(26)8-16(13)21-11-34-22-9-28-24(31-23(22)32(21)3)30-15-4-5-20(19(27)7-15)33-10-14(2)29-12-33/h4-10,12,21H,11H2,1-3H3,(H,28,30,31). The molecule has 1 atom stereocenters. The number of hydrogen-bond donors (Lipinski definition) is 1. The first kappa shape index (κ1) is 21.7. The summed E-state index contributed by atoms with van der Waals surface area (Å²) in [6, 6.07) is 6.68. The summed E-state index contributed by atoms with van der Waals surface area (Å²) in [5.41, 5.74) is 2.83. The highest BCUT2D eigenvalue weighted by Crippen LogP contribution is 2.38. The van der Waals surface area contributed by atoms with Crippen molar-refractivity contribution in [2.24, 2.45) is 0 Å². The molecule has 1 unspecified atom stereocenters. The summed E-state index contributed by atoms with van der Waals surface area (Å²) in [5.74, 6) is -1.07. The van der Waals surface area contributed by atoms with E-state index in [4.69, 9.17) is 4.74 Å². The van der Waals surface area contributed by atoms with Crippen LogP contribution in [0.4, 0.5) is 30.6 Å². The second-order valence-electron chi connectivity index (χ2n) is 8.16. The van der Waals surface area contributed by atoms with Gasteiger partial charge in [-0.05, 0) is 55.3 Å². The Morgan fingerprint density at radius 2 is 1.82 bits per heavy atom. The lowest BCUT2D eigenvalue weighted by Gasteiger charge is -2.35. The van der Waals surface area contributed by atoms with Gasteiger partial charge in [0.15, 0.2) is 23.2 Å². The summed E-state index contributed by atoms with van der Waals surface area (Å²) in [4.78, 5) is 14.7. The lowest BCUT2D eigenvalue weighted by atomic mass is 9.99. The van der Waals surface area contributed by atoms with Gasteiger partial charge in [0.2, 0.25) is 5.95 Å². The summed E-state index contributed by atoms with van der Waals surface area (Å²) in [6.45, 7) is 3.78. The number of nitrogens with zero attached hydrogens (tertiary/aromatic N) is 5. The molecule has 0 radical (unpaired) electrons. The molecule has 0 saturated heterocycles. The van der Waals surface area contributed by atoms with Crippen molar-refractivity contribution in [3.8, 4) is 11.4 Å². The number of nitrogens with one attached hydrogen (secondary N) is 1. The second-order valence-corrected chi connectivity index (χ2v) is 8.16. The number of anilines is 3. The molecule has 10 heteroatoms. The van der Waals surface area contributed by atoms with Crippen LogP contribution in [0.1, 0.15) is 22.9 Å². The second kappa shape index (κ2) is 8.36. The molecule has 0 saturated carbocycles. The maximum absolute atomic E-state index is 14.7. The minimum Gasteiger partial charge on any atom is -0.486 e. The third-order valence-corrected chi connectivity index (χ3v) is 5.80. The minimum atomic E-state index is -0.916. The predicted octanol–water partition coefficient (Wildman–Crippen LogP) is 5.01. The molecule has 34 heavy (non-hydrogen) atoms. The zero-order chi connectivity index (χ0) is 24.0. The summed E-state index contributed by atoms with van der Waals surface area (Å²) in [6.07, 6.45) is 4.81. The van der Waals surface area contributed by atoms with Crippen LogP contribution in [-0.4, -0.2) is 33.2 Å². The topological polar surface area (TPSA) is 68.1 Å². The van der Waals surface area contributed by atoms with Crippen molar-refractivity contribution in [2.45, 2.75) is 19.9 Å². The highest BCUT2D eigenvalue weighted by Gasteiger charge is 2.30. The van der Waals surface area contributed by atoms with Gasteiger partial charge in [0, 0.05) is 18.9 Å². The highest BCUT2D eigenvalue weighted by atomic mass is 19.2. The molecule has 1 aliphatic heterocycles. The number of imidazole rings is 1. The van der Waals surface area contributed by atoms with Crippen molar-refractivity contribution in [1.82, 2.24) is 19.5 Å². The largest absolute Gasteiger partial charge is 0.486 e. The van der Waals surface area contributed by atoms with E-state index in [1.165, 1.54) is 24.4 Å². The van der Waals surface area contributed by atoms with Gasteiger partial charge in [-0.3, -0.25) is 0 Å². The van der Waals surface area contributed by atoms with Crippen molar-refractivity contribution in [1.29, 1.82) is 0 Å². The fourth-order valence-corrected chi connectivity index (χ4v) is 4.00.